The van der Waals surface area contributed by atoms with Gasteiger partial charge in [0.15, 0.2) is 11.7 Å². The van der Waals surface area contributed by atoms with E-state index in [9.17, 15) is 18.0 Å². The van der Waals surface area contributed by atoms with E-state index in [1.54, 1.807) is 19.3 Å². The number of piperidine rings is 1. The average molecular weight is 474 g/mol. The number of hydrogen-bond donors (Lipinski definition) is 2. The lowest BCUT2D eigenvalue weighted by Crippen LogP contribution is -2.53. The van der Waals surface area contributed by atoms with Crippen molar-refractivity contribution in [3.8, 4) is 11.3 Å². The van der Waals surface area contributed by atoms with E-state index in [0.29, 0.717) is 30.0 Å². The van der Waals surface area contributed by atoms with Gasteiger partial charge >= 0.3 is 12.2 Å². The number of nitrogens with zero attached hydrogens (tertiary/aromatic N) is 4. The number of carbonyl (C=O) groups excluding carboxylic acids is 1. The number of nitrogens with one attached hydrogen (secondary N) is 2. The first-order valence-corrected chi connectivity index (χ1v) is 11.3. The van der Waals surface area contributed by atoms with Crippen LogP contribution in [0.5, 0.6) is 0 Å². The van der Waals surface area contributed by atoms with Gasteiger partial charge in [0.25, 0.3) is 0 Å². The Hall–Kier alpha value is -3.21. The van der Waals surface area contributed by atoms with Crippen LogP contribution in [0.1, 0.15) is 38.0 Å². The number of rotatable bonds is 5. The second-order valence-electron chi connectivity index (χ2n) is 8.92. The minimum atomic E-state index is -4.17. The van der Waals surface area contributed by atoms with E-state index in [1.165, 1.54) is 0 Å². The maximum Gasteiger partial charge on any atom is 0.390 e. The highest BCUT2D eigenvalue weighted by atomic mass is 19.4. The Morgan fingerprint density at radius 2 is 1.94 bits per heavy atom. The summed E-state index contributed by atoms with van der Waals surface area (Å²) in [6, 6.07) is 5.32. The van der Waals surface area contributed by atoms with Crippen molar-refractivity contribution in [3.63, 3.8) is 0 Å². The molecular weight excluding hydrogens is 449 g/mol. The summed E-state index contributed by atoms with van der Waals surface area (Å²) in [5.41, 5.74) is 1.48. The highest BCUT2D eigenvalue weighted by Gasteiger charge is 2.43. The summed E-state index contributed by atoms with van der Waals surface area (Å²) in [5.74, 6) is 1.40. The monoisotopic (exact) mass is 474 g/mol. The van der Waals surface area contributed by atoms with E-state index in [1.807, 2.05) is 23.1 Å². The summed E-state index contributed by atoms with van der Waals surface area (Å²) in [6.07, 6.45) is 1.25. The number of anilines is 1. The maximum absolute atomic E-state index is 13.1. The van der Waals surface area contributed by atoms with Gasteiger partial charge in [-0.2, -0.15) is 13.2 Å². The summed E-state index contributed by atoms with van der Waals surface area (Å²) >= 11 is 0. The Morgan fingerprint density at radius 3 is 2.62 bits per heavy atom. The Balaban J connectivity index is 1.25. The highest BCUT2D eigenvalue weighted by molar-refractivity contribution is 5.90. The van der Waals surface area contributed by atoms with E-state index < -0.39 is 12.6 Å². The topological polar surface area (TPSA) is 96.2 Å². The molecule has 180 valence electrons. The second-order valence-corrected chi connectivity index (χ2v) is 8.92. The second kappa shape index (κ2) is 8.86. The van der Waals surface area contributed by atoms with Gasteiger partial charge in [-0.3, -0.25) is 5.32 Å². The van der Waals surface area contributed by atoms with E-state index in [4.69, 9.17) is 4.42 Å². The smallest absolute Gasteiger partial charge is 0.390 e. The number of amides is 2. The molecule has 0 radical (unpaired) electrons. The van der Waals surface area contributed by atoms with Crippen LogP contribution in [0.25, 0.3) is 22.2 Å². The molecule has 2 aromatic heterocycles. The van der Waals surface area contributed by atoms with Crippen LogP contribution in [0.2, 0.25) is 0 Å². The van der Waals surface area contributed by atoms with E-state index in [0.717, 1.165) is 23.8 Å². The molecule has 0 unspecified atom stereocenters. The average Bonchev–Trinajstić information content (AvgIpc) is 3.33. The third kappa shape index (κ3) is 4.84. The summed E-state index contributed by atoms with van der Waals surface area (Å²) < 4.78 is 42.9. The van der Waals surface area contributed by atoms with Crippen molar-refractivity contribution in [1.82, 2.24) is 25.2 Å². The van der Waals surface area contributed by atoms with E-state index in [-0.39, 0.29) is 36.6 Å². The molecule has 11 heteroatoms. The van der Waals surface area contributed by atoms with Crippen molar-refractivity contribution in [2.75, 3.05) is 11.9 Å². The molecule has 0 aliphatic carbocycles. The molecule has 2 aliphatic heterocycles. The van der Waals surface area contributed by atoms with Crippen molar-refractivity contribution in [2.24, 2.45) is 0 Å². The standard InChI is InChI=1S/C23H25F3N6O2/c1-13-28-12-20(34-13)14-2-3-15-11-29-21(30-19(15)8-14)31-22(33)32-17-4-5-18(32)10-16(9-17)27-7-6-23(24,25)26/h2-3,8,11-12,16-18,27H,4-7,9-10H2,1H3,(H,29,30,31,33)/t16-,17-,18+. The summed E-state index contributed by atoms with van der Waals surface area (Å²) in [5, 5.41) is 6.64. The number of alkyl halides is 3. The first-order chi connectivity index (χ1) is 16.2. The van der Waals surface area contributed by atoms with Crippen LogP contribution >= 0.6 is 0 Å². The molecule has 0 saturated carbocycles. The number of aromatic nitrogens is 3. The van der Waals surface area contributed by atoms with Gasteiger partial charge in [0, 0.05) is 48.7 Å². The van der Waals surface area contributed by atoms with Crippen LogP contribution in [-0.2, 0) is 0 Å². The zero-order valence-electron chi connectivity index (χ0n) is 18.6. The van der Waals surface area contributed by atoms with Gasteiger partial charge in [0.1, 0.15) is 0 Å². The van der Waals surface area contributed by atoms with Crippen molar-refractivity contribution in [1.29, 1.82) is 0 Å². The van der Waals surface area contributed by atoms with Crippen LogP contribution in [-0.4, -0.2) is 56.7 Å². The number of hydrogen-bond acceptors (Lipinski definition) is 6. The molecule has 3 aromatic rings. The lowest BCUT2D eigenvalue weighted by molar-refractivity contribution is -0.133. The van der Waals surface area contributed by atoms with Crippen molar-refractivity contribution in [3.05, 3.63) is 36.5 Å². The fourth-order valence-electron chi connectivity index (χ4n) is 4.99. The summed E-state index contributed by atoms with van der Waals surface area (Å²) in [7, 11) is 0. The summed E-state index contributed by atoms with van der Waals surface area (Å²) in [4.78, 5) is 27.8. The molecule has 2 fully saturated rings. The van der Waals surface area contributed by atoms with Crippen molar-refractivity contribution < 1.29 is 22.4 Å². The third-order valence-electron chi connectivity index (χ3n) is 6.52. The SMILES string of the molecule is Cc1ncc(-c2ccc3cnc(NC(=O)N4[C@@H]5CC[C@H]4C[C@H](NCCC(F)(F)F)C5)nc3c2)o1. The van der Waals surface area contributed by atoms with Crippen molar-refractivity contribution >= 4 is 22.9 Å². The number of carbonyl (C=O) groups is 1. The number of fused-ring (bicyclic) bond motifs is 3. The predicted molar refractivity (Wildman–Crippen MR) is 119 cm³/mol. The van der Waals surface area contributed by atoms with E-state index in [2.05, 4.69) is 25.6 Å². The lowest BCUT2D eigenvalue weighted by Gasteiger charge is -2.39. The van der Waals surface area contributed by atoms with Crippen LogP contribution in [0.3, 0.4) is 0 Å². The van der Waals surface area contributed by atoms with Gasteiger partial charge < -0.3 is 14.6 Å². The molecule has 3 atom stereocenters. The van der Waals surface area contributed by atoms with Crippen LogP contribution in [0.4, 0.5) is 23.9 Å². The van der Waals surface area contributed by atoms with Gasteiger partial charge in [-0.05, 0) is 31.7 Å². The Kier molecular flexibility index (Phi) is 5.88. The fraction of sp³-hybridized carbons (Fsp3) is 0.478. The van der Waals surface area contributed by atoms with Gasteiger partial charge in [-0.1, -0.05) is 12.1 Å². The number of halogens is 3. The number of urea groups is 1. The Labute approximate surface area is 194 Å². The highest BCUT2D eigenvalue weighted by Crippen LogP contribution is 2.36. The molecule has 2 saturated heterocycles. The number of oxazole rings is 1. The minimum Gasteiger partial charge on any atom is -0.441 e. The molecule has 2 bridgehead atoms. The number of aryl methyl sites for hydroxylation is 1. The molecule has 34 heavy (non-hydrogen) atoms. The molecule has 2 amide bonds. The van der Waals surface area contributed by atoms with Gasteiger partial charge in [0.2, 0.25) is 5.95 Å². The van der Waals surface area contributed by atoms with Crippen molar-refractivity contribution in [2.45, 2.75) is 63.3 Å². The van der Waals surface area contributed by atoms with Crippen LogP contribution in [0, 0.1) is 6.92 Å². The largest absolute Gasteiger partial charge is 0.441 e. The van der Waals surface area contributed by atoms with Gasteiger partial charge in [0.05, 0.1) is 18.1 Å². The van der Waals surface area contributed by atoms with Crippen LogP contribution in [0.15, 0.2) is 35.0 Å². The summed E-state index contributed by atoms with van der Waals surface area (Å²) in [6.45, 7) is 1.68. The fourth-order valence-corrected chi connectivity index (χ4v) is 4.99. The third-order valence-corrected chi connectivity index (χ3v) is 6.52. The molecule has 1 aromatic carbocycles. The quantitative estimate of drug-likeness (QED) is 0.558. The molecule has 5 rings (SSSR count). The molecule has 8 nitrogen and oxygen atoms in total. The molecule has 0 spiro atoms. The molecule has 2 N–H and O–H groups in total. The predicted octanol–water partition coefficient (Wildman–Crippen LogP) is 4.66. The first kappa shape index (κ1) is 22.6. The number of benzene rings is 1. The Bertz CT molecular complexity index is 1180. The maximum atomic E-state index is 13.1. The molecular formula is C23H25F3N6O2. The van der Waals surface area contributed by atoms with E-state index >= 15 is 0 Å². The first-order valence-electron chi connectivity index (χ1n) is 11.3. The van der Waals surface area contributed by atoms with Gasteiger partial charge in [-0.15, -0.1) is 0 Å². The lowest BCUT2D eigenvalue weighted by atomic mass is 9.97. The van der Waals surface area contributed by atoms with Gasteiger partial charge in [-0.25, -0.2) is 19.7 Å². The normalized spacial score (nSPS) is 22.4. The van der Waals surface area contributed by atoms with Crippen LogP contribution < -0.4 is 10.6 Å². The minimum absolute atomic E-state index is 0.0103. The zero-order chi connectivity index (χ0) is 23.9. The zero-order valence-corrected chi connectivity index (χ0v) is 18.6. The molecule has 4 heterocycles. The Morgan fingerprint density at radius 1 is 1.18 bits per heavy atom. The molecule has 2 aliphatic rings.